The second-order valence-corrected chi connectivity index (χ2v) is 4.13. The van der Waals surface area contributed by atoms with Crippen LogP contribution in [0.25, 0.3) is 0 Å². The largest absolute Gasteiger partial charge is 0.366 e. The molecule has 2 atom stereocenters. The Balaban J connectivity index is 2.07. The van der Waals surface area contributed by atoms with Gasteiger partial charge >= 0.3 is 0 Å². The van der Waals surface area contributed by atoms with Gasteiger partial charge in [0.25, 0.3) is 0 Å². The third-order valence-corrected chi connectivity index (χ3v) is 3.27. The number of rotatable bonds is 0. The second kappa shape index (κ2) is 3.39. The monoisotopic (exact) mass is 168 g/mol. The van der Waals surface area contributed by atoms with E-state index in [9.17, 15) is 5.11 Å². The van der Waals surface area contributed by atoms with Crippen molar-refractivity contribution in [2.75, 3.05) is 6.61 Å². The van der Waals surface area contributed by atoms with E-state index in [0.29, 0.717) is 5.82 Å². The first-order valence-corrected chi connectivity index (χ1v) is 5.18. The Hall–Kier alpha value is -0.0151. The zero-order valence-electron chi connectivity index (χ0n) is 7.59. The van der Waals surface area contributed by atoms with E-state index in [1.807, 2.05) is 0 Å². The molecule has 0 spiro atoms. The summed E-state index contributed by atoms with van der Waals surface area (Å²) < 4.78 is 5.55. The lowest BCUT2D eigenvalue weighted by molar-refractivity contribution is -0.216. The minimum atomic E-state index is -0.741. The lowest BCUT2D eigenvalue weighted by Gasteiger charge is -2.38. The van der Waals surface area contributed by atoms with Gasteiger partial charge in [-0.25, -0.2) is 0 Å². The molecule has 12 heavy (non-hydrogen) atoms. The minimum absolute atomic E-state index is 0.425. The fourth-order valence-corrected chi connectivity index (χ4v) is 2.50. The van der Waals surface area contributed by atoms with Crippen molar-refractivity contribution in [3.63, 3.8) is 0 Å². The van der Waals surface area contributed by atoms with E-state index in [1.54, 1.807) is 0 Å². The summed E-state index contributed by atoms with van der Waals surface area (Å²) in [7, 11) is 1.16. The average Bonchev–Trinajstić information content (AvgIpc) is 2.25. The third-order valence-electron chi connectivity index (χ3n) is 3.27. The molecule has 0 amide bonds. The van der Waals surface area contributed by atoms with E-state index in [0.717, 1.165) is 39.6 Å². The molecule has 1 aliphatic heterocycles. The quantitative estimate of drug-likeness (QED) is 0.552. The molecule has 1 saturated heterocycles. The van der Waals surface area contributed by atoms with Gasteiger partial charge in [0.05, 0.1) is 0 Å². The van der Waals surface area contributed by atoms with Crippen molar-refractivity contribution in [1.82, 2.24) is 0 Å². The molecule has 0 bridgehead atoms. The normalized spacial score (nSPS) is 42.6. The zero-order chi connectivity index (χ0) is 8.44. The number of aliphatic hydroxyl groups is 1. The predicted molar refractivity (Wildman–Crippen MR) is 49.7 cm³/mol. The molecule has 0 aromatic heterocycles. The molecule has 68 valence electrons. The standard InChI is InChI=1S/C9H17BO2/c11-9-5-2-1-4-8(9)10-6-3-7-12-9/h8,10-11H,1-7H2. The summed E-state index contributed by atoms with van der Waals surface area (Å²) in [5.41, 5.74) is 0. The van der Waals surface area contributed by atoms with Crippen molar-refractivity contribution >= 4 is 7.28 Å². The van der Waals surface area contributed by atoms with Crippen molar-refractivity contribution in [2.45, 2.75) is 50.0 Å². The first-order chi connectivity index (χ1) is 5.81. The van der Waals surface area contributed by atoms with Gasteiger partial charge in [0.15, 0.2) is 5.79 Å². The number of hydrogen-bond donors (Lipinski definition) is 1. The molecule has 2 rings (SSSR count). The van der Waals surface area contributed by atoms with Crippen molar-refractivity contribution in [3.8, 4) is 0 Å². The highest BCUT2D eigenvalue weighted by Crippen LogP contribution is 2.40. The van der Waals surface area contributed by atoms with E-state index in [1.165, 1.54) is 12.7 Å². The Morgan fingerprint density at radius 2 is 2.25 bits per heavy atom. The SMILES string of the molecule is OC12CCCCC1BCCCO2. The van der Waals surface area contributed by atoms with E-state index in [2.05, 4.69) is 0 Å². The van der Waals surface area contributed by atoms with Gasteiger partial charge in [0.1, 0.15) is 7.28 Å². The number of hydrogen-bond acceptors (Lipinski definition) is 2. The van der Waals surface area contributed by atoms with Crippen LogP contribution in [-0.2, 0) is 4.74 Å². The van der Waals surface area contributed by atoms with Crippen LogP contribution < -0.4 is 0 Å². The fraction of sp³-hybridized carbons (Fsp3) is 1.00. The smallest absolute Gasteiger partial charge is 0.161 e. The van der Waals surface area contributed by atoms with Crippen LogP contribution in [-0.4, -0.2) is 24.8 Å². The molecule has 2 nitrogen and oxygen atoms in total. The molecule has 0 aromatic carbocycles. The molecule has 1 N–H and O–H groups in total. The molecule has 1 aliphatic carbocycles. The first-order valence-electron chi connectivity index (χ1n) is 5.18. The number of fused-ring (bicyclic) bond motifs is 1. The second-order valence-electron chi connectivity index (χ2n) is 4.13. The summed E-state index contributed by atoms with van der Waals surface area (Å²) in [5.74, 6) is -0.317. The van der Waals surface area contributed by atoms with Crippen LogP contribution in [0.5, 0.6) is 0 Å². The maximum absolute atomic E-state index is 10.1. The summed E-state index contributed by atoms with van der Waals surface area (Å²) in [4.78, 5) is 0. The van der Waals surface area contributed by atoms with Gasteiger partial charge in [0, 0.05) is 13.0 Å². The Kier molecular flexibility index (Phi) is 2.42. The molecule has 2 aliphatic rings. The average molecular weight is 168 g/mol. The van der Waals surface area contributed by atoms with Crippen LogP contribution in [0.2, 0.25) is 12.1 Å². The summed E-state index contributed by atoms with van der Waals surface area (Å²) in [5, 5.41) is 10.1. The van der Waals surface area contributed by atoms with Crippen molar-refractivity contribution in [3.05, 3.63) is 0 Å². The maximum atomic E-state index is 10.1. The molecular weight excluding hydrogens is 151 g/mol. The molecule has 1 heterocycles. The van der Waals surface area contributed by atoms with Crippen LogP contribution in [0, 0.1) is 0 Å². The summed E-state index contributed by atoms with van der Waals surface area (Å²) in [6.07, 6.45) is 6.78. The lowest BCUT2D eigenvalue weighted by atomic mass is 9.54. The molecule has 2 unspecified atom stereocenters. The molecule has 0 aromatic rings. The van der Waals surface area contributed by atoms with E-state index >= 15 is 0 Å². The van der Waals surface area contributed by atoms with Crippen LogP contribution in [0.4, 0.5) is 0 Å². The van der Waals surface area contributed by atoms with Gasteiger partial charge in [-0.15, -0.1) is 0 Å². The molecule has 2 fully saturated rings. The Morgan fingerprint density at radius 3 is 3.17 bits per heavy atom. The lowest BCUT2D eigenvalue weighted by Crippen LogP contribution is -2.40. The topological polar surface area (TPSA) is 29.5 Å². The minimum Gasteiger partial charge on any atom is -0.366 e. The summed E-state index contributed by atoms with van der Waals surface area (Å²) in [6, 6.07) is 0. The van der Waals surface area contributed by atoms with Crippen LogP contribution in [0.3, 0.4) is 0 Å². The van der Waals surface area contributed by atoms with Gasteiger partial charge in [0.2, 0.25) is 0 Å². The highest BCUT2D eigenvalue weighted by molar-refractivity contribution is 6.38. The summed E-state index contributed by atoms with van der Waals surface area (Å²) >= 11 is 0. The van der Waals surface area contributed by atoms with Gasteiger partial charge in [-0.3, -0.25) is 0 Å². The Bertz CT molecular complexity index is 163. The van der Waals surface area contributed by atoms with Crippen LogP contribution in [0.1, 0.15) is 32.1 Å². The molecule has 1 saturated carbocycles. The van der Waals surface area contributed by atoms with Gasteiger partial charge in [-0.1, -0.05) is 19.2 Å². The highest BCUT2D eigenvalue weighted by Gasteiger charge is 2.40. The van der Waals surface area contributed by atoms with E-state index < -0.39 is 5.79 Å². The molecule has 3 heteroatoms. The van der Waals surface area contributed by atoms with E-state index in [-0.39, 0.29) is 0 Å². The highest BCUT2D eigenvalue weighted by atomic mass is 16.6. The Labute approximate surface area is 74.5 Å². The van der Waals surface area contributed by atoms with E-state index in [4.69, 9.17) is 4.74 Å². The van der Waals surface area contributed by atoms with Crippen molar-refractivity contribution in [2.24, 2.45) is 0 Å². The van der Waals surface area contributed by atoms with Gasteiger partial charge in [-0.2, -0.15) is 0 Å². The van der Waals surface area contributed by atoms with Gasteiger partial charge in [-0.05, 0) is 18.7 Å². The number of ether oxygens (including phenoxy) is 1. The first kappa shape index (κ1) is 8.58. The van der Waals surface area contributed by atoms with Crippen LogP contribution >= 0.6 is 0 Å². The summed E-state index contributed by atoms with van der Waals surface area (Å²) in [6.45, 7) is 0.757. The zero-order valence-corrected chi connectivity index (χ0v) is 7.59. The van der Waals surface area contributed by atoms with Crippen molar-refractivity contribution in [1.29, 1.82) is 0 Å². The molecule has 0 radical (unpaired) electrons. The van der Waals surface area contributed by atoms with Crippen molar-refractivity contribution < 1.29 is 9.84 Å². The maximum Gasteiger partial charge on any atom is 0.161 e. The third kappa shape index (κ3) is 1.53. The Morgan fingerprint density at radius 1 is 1.33 bits per heavy atom. The van der Waals surface area contributed by atoms with Crippen LogP contribution in [0.15, 0.2) is 0 Å². The predicted octanol–water partition coefficient (Wildman–Crippen LogP) is 1.31. The fourth-order valence-electron chi connectivity index (χ4n) is 2.50. The molecular formula is C9H17BO2. The van der Waals surface area contributed by atoms with Gasteiger partial charge < -0.3 is 9.84 Å².